The molecule has 0 spiro atoms. The van der Waals surface area contributed by atoms with Gasteiger partial charge in [0.05, 0.1) is 24.2 Å². The number of hydrogen-bond donors (Lipinski definition) is 2. The first kappa shape index (κ1) is 11.6. The summed E-state index contributed by atoms with van der Waals surface area (Å²) in [5, 5.41) is 11.8. The lowest BCUT2D eigenvalue weighted by atomic mass is 10.3. The third kappa shape index (κ3) is 2.45. The van der Waals surface area contributed by atoms with Crippen molar-refractivity contribution >= 4 is 16.9 Å². The Kier molecular flexibility index (Phi) is 3.39. The van der Waals surface area contributed by atoms with Crippen molar-refractivity contribution in [1.29, 1.82) is 0 Å². The lowest BCUT2D eigenvalue weighted by Gasteiger charge is -2.07. The van der Waals surface area contributed by atoms with Crippen molar-refractivity contribution in [2.75, 3.05) is 6.61 Å². The zero-order chi connectivity index (χ0) is 12.3. The molecule has 1 amide bonds. The number of aliphatic hydroxyl groups is 1. The highest BCUT2D eigenvalue weighted by Crippen LogP contribution is 2.15. The summed E-state index contributed by atoms with van der Waals surface area (Å²) in [6.45, 7) is 2.38. The molecule has 5 nitrogen and oxygen atoms in total. The van der Waals surface area contributed by atoms with Gasteiger partial charge in [0.15, 0.2) is 0 Å². The highest BCUT2D eigenvalue weighted by atomic mass is 16.3. The molecule has 0 saturated carbocycles. The van der Waals surface area contributed by atoms with Gasteiger partial charge in [-0.1, -0.05) is 12.1 Å². The van der Waals surface area contributed by atoms with E-state index >= 15 is 0 Å². The van der Waals surface area contributed by atoms with Crippen molar-refractivity contribution in [1.82, 2.24) is 14.9 Å². The average Bonchev–Trinajstić information content (AvgIpc) is 2.66. The van der Waals surface area contributed by atoms with Crippen LogP contribution in [0.25, 0.3) is 11.0 Å². The number of rotatable bonds is 4. The normalized spacial score (nSPS) is 10.7. The van der Waals surface area contributed by atoms with Gasteiger partial charge in [0.25, 0.3) is 0 Å². The van der Waals surface area contributed by atoms with Gasteiger partial charge in [-0.25, -0.2) is 4.98 Å². The Labute approximate surface area is 99.1 Å². The van der Waals surface area contributed by atoms with E-state index < -0.39 is 0 Å². The molecule has 0 saturated heterocycles. The molecule has 5 heteroatoms. The molecule has 2 N–H and O–H groups in total. The Morgan fingerprint density at radius 2 is 2.24 bits per heavy atom. The predicted molar refractivity (Wildman–Crippen MR) is 64.3 cm³/mol. The second kappa shape index (κ2) is 4.97. The van der Waals surface area contributed by atoms with E-state index in [2.05, 4.69) is 10.3 Å². The molecule has 17 heavy (non-hydrogen) atoms. The standard InChI is InChI=1S/C12H15N3O2/c1-9(17)13-8-12-14-10-4-2-3-5-11(10)15(12)6-7-16/h2-5,16H,6-8H2,1H3,(H,13,17). The first-order valence-corrected chi connectivity index (χ1v) is 5.52. The highest BCUT2D eigenvalue weighted by molar-refractivity contribution is 5.76. The lowest BCUT2D eigenvalue weighted by Crippen LogP contribution is -2.22. The largest absolute Gasteiger partial charge is 0.395 e. The zero-order valence-electron chi connectivity index (χ0n) is 9.68. The van der Waals surface area contributed by atoms with E-state index in [0.717, 1.165) is 16.9 Å². The number of hydrogen-bond acceptors (Lipinski definition) is 3. The predicted octanol–water partition coefficient (Wildman–Crippen LogP) is 0.665. The molecule has 2 rings (SSSR count). The second-order valence-electron chi connectivity index (χ2n) is 3.80. The summed E-state index contributed by atoms with van der Waals surface area (Å²) in [4.78, 5) is 15.3. The van der Waals surface area contributed by atoms with Crippen molar-refractivity contribution < 1.29 is 9.90 Å². The fourth-order valence-corrected chi connectivity index (χ4v) is 1.81. The van der Waals surface area contributed by atoms with Crippen LogP contribution in [0, 0.1) is 0 Å². The minimum atomic E-state index is -0.0902. The maximum absolute atomic E-state index is 10.9. The van der Waals surface area contributed by atoms with Crippen LogP contribution < -0.4 is 5.32 Å². The molecule has 1 aromatic carbocycles. The number of carbonyl (C=O) groups is 1. The minimum absolute atomic E-state index is 0.0490. The molecule has 2 aromatic rings. The van der Waals surface area contributed by atoms with E-state index in [9.17, 15) is 4.79 Å². The van der Waals surface area contributed by atoms with Gasteiger partial charge >= 0.3 is 0 Å². The monoisotopic (exact) mass is 233 g/mol. The summed E-state index contributed by atoms with van der Waals surface area (Å²) in [7, 11) is 0. The molecule has 0 unspecified atom stereocenters. The topological polar surface area (TPSA) is 67.2 Å². The van der Waals surface area contributed by atoms with Crippen LogP contribution in [0.15, 0.2) is 24.3 Å². The fourth-order valence-electron chi connectivity index (χ4n) is 1.81. The number of benzene rings is 1. The molecule has 90 valence electrons. The molecule has 0 atom stereocenters. The Morgan fingerprint density at radius 1 is 1.47 bits per heavy atom. The van der Waals surface area contributed by atoms with Gasteiger partial charge < -0.3 is 15.0 Å². The fraction of sp³-hybridized carbons (Fsp3) is 0.333. The molecule has 0 aliphatic rings. The third-order valence-corrected chi connectivity index (χ3v) is 2.55. The number of fused-ring (bicyclic) bond motifs is 1. The first-order chi connectivity index (χ1) is 8.22. The maximum atomic E-state index is 10.9. The van der Waals surface area contributed by atoms with Gasteiger partial charge in [-0.3, -0.25) is 4.79 Å². The summed E-state index contributed by atoms with van der Waals surface area (Å²) >= 11 is 0. The third-order valence-electron chi connectivity index (χ3n) is 2.55. The quantitative estimate of drug-likeness (QED) is 0.815. The second-order valence-corrected chi connectivity index (χ2v) is 3.80. The van der Waals surface area contributed by atoms with Gasteiger partial charge in [-0.05, 0) is 12.1 Å². The Morgan fingerprint density at radius 3 is 2.94 bits per heavy atom. The summed E-state index contributed by atoms with van der Waals surface area (Å²) in [5.41, 5.74) is 1.85. The lowest BCUT2D eigenvalue weighted by molar-refractivity contribution is -0.119. The number of carbonyl (C=O) groups excluding carboxylic acids is 1. The van der Waals surface area contributed by atoms with Crippen molar-refractivity contribution in [3.05, 3.63) is 30.1 Å². The first-order valence-electron chi connectivity index (χ1n) is 5.52. The highest BCUT2D eigenvalue weighted by Gasteiger charge is 2.09. The van der Waals surface area contributed by atoms with Crippen molar-refractivity contribution in [3.8, 4) is 0 Å². The van der Waals surface area contributed by atoms with Crippen molar-refractivity contribution in [2.24, 2.45) is 0 Å². The Hall–Kier alpha value is -1.88. The van der Waals surface area contributed by atoms with Crippen LogP contribution in [0.1, 0.15) is 12.7 Å². The van der Waals surface area contributed by atoms with Crippen LogP contribution in [0.3, 0.4) is 0 Å². The zero-order valence-corrected chi connectivity index (χ0v) is 9.68. The number of para-hydroxylation sites is 2. The molecule has 0 radical (unpaired) electrons. The molecule has 0 aliphatic heterocycles. The van der Waals surface area contributed by atoms with Crippen LogP contribution in [-0.4, -0.2) is 27.2 Å². The van der Waals surface area contributed by atoms with Gasteiger partial charge in [-0.2, -0.15) is 0 Å². The number of amides is 1. The van der Waals surface area contributed by atoms with E-state index in [1.54, 1.807) is 0 Å². The smallest absolute Gasteiger partial charge is 0.217 e. The summed E-state index contributed by atoms with van der Waals surface area (Å²) in [5.74, 6) is 0.669. The minimum Gasteiger partial charge on any atom is -0.395 e. The molecule has 0 bridgehead atoms. The van der Waals surface area contributed by atoms with Crippen molar-refractivity contribution in [2.45, 2.75) is 20.0 Å². The molecule has 1 aromatic heterocycles. The Balaban J connectivity index is 2.38. The summed E-state index contributed by atoms with van der Waals surface area (Å²) in [6.07, 6.45) is 0. The number of aliphatic hydroxyl groups excluding tert-OH is 1. The molecular formula is C12H15N3O2. The summed E-state index contributed by atoms with van der Waals surface area (Å²) < 4.78 is 1.92. The van der Waals surface area contributed by atoms with E-state index in [0.29, 0.717) is 13.1 Å². The molecule has 0 aliphatic carbocycles. The number of imidazole rings is 1. The van der Waals surface area contributed by atoms with Crippen molar-refractivity contribution in [3.63, 3.8) is 0 Å². The van der Waals surface area contributed by atoms with Gasteiger partial charge in [0.2, 0.25) is 5.91 Å². The van der Waals surface area contributed by atoms with Gasteiger partial charge in [0, 0.05) is 13.5 Å². The average molecular weight is 233 g/mol. The van der Waals surface area contributed by atoms with E-state index in [4.69, 9.17) is 5.11 Å². The van der Waals surface area contributed by atoms with E-state index in [1.807, 2.05) is 28.8 Å². The summed E-state index contributed by atoms with van der Waals surface area (Å²) in [6, 6.07) is 7.72. The van der Waals surface area contributed by atoms with Crippen LogP contribution >= 0.6 is 0 Å². The van der Waals surface area contributed by atoms with Crippen LogP contribution in [0.4, 0.5) is 0 Å². The van der Waals surface area contributed by atoms with E-state index in [1.165, 1.54) is 6.92 Å². The van der Waals surface area contributed by atoms with Gasteiger partial charge in [-0.15, -0.1) is 0 Å². The molecule has 0 fully saturated rings. The van der Waals surface area contributed by atoms with E-state index in [-0.39, 0.29) is 12.5 Å². The molecule has 1 heterocycles. The molecular weight excluding hydrogens is 218 g/mol. The SMILES string of the molecule is CC(=O)NCc1nc2ccccc2n1CCO. The number of aromatic nitrogens is 2. The van der Waals surface area contributed by atoms with Crippen LogP contribution in [0.5, 0.6) is 0 Å². The number of nitrogens with zero attached hydrogens (tertiary/aromatic N) is 2. The van der Waals surface area contributed by atoms with Crippen LogP contribution in [-0.2, 0) is 17.9 Å². The maximum Gasteiger partial charge on any atom is 0.217 e. The Bertz CT molecular complexity index is 534. The number of nitrogens with one attached hydrogen (secondary N) is 1. The van der Waals surface area contributed by atoms with Crippen LogP contribution in [0.2, 0.25) is 0 Å². The van der Waals surface area contributed by atoms with Gasteiger partial charge in [0.1, 0.15) is 5.82 Å².